The van der Waals surface area contributed by atoms with Crippen molar-refractivity contribution in [1.29, 1.82) is 0 Å². The van der Waals surface area contributed by atoms with Crippen molar-refractivity contribution >= 4 is 11.8 Å². The first-order valence-electron chi connectivity index (χ1n) is 10.2. The van der Waals surface area contributed by atoms with Crippen molar-refractivity contribution in [3.05, 3.63) is 35.9 Å². The van der Waals surface area contributed by atoms with Crippen LogP contribution in [0.25, 0.3) is 0 Å². The zero-order valence-electron chi connectivity index (χ0n) is 16.6. The summed E-state index contributed by atoms with van der Waals surface area (Å²) in [6.45, 7) is 9.91. The maximum Gasteiger partial charge on any atom is 0.251 e. The van der Waals surface area contributed by atoms with Gasteiger partial charge in [0.25, 0.3) is 5.91 Å². The van der Waals surface area contributed by atoms with E-state index in [1.54, 1.807) is 0 Å². The van der Waals surface area contributed by atoms with E-state index in [0.29, 0.717) is 13.0 Å². The van der Waals surface area contributed by atoms with Crippen LogP contribution < -0.4 is 10.6 Å². The molecule has 150 valence electrons. The van der Waals surface area contributed by atoms with Gasteiger partial charge in [-0.2, -0.15) is 0 Å². The minimum atomic E-state index is 0.00597. The van der Waals surface area contributed by atoms with Crippen LogP contribution >= 0.6 is 0 Å². The highest BCUT2D eigenvalue weighted by Crippen LogP contribution is 2.03. The van der Waals surface area contributed by atoms with Gasteiger partial charge in [-0.05, 0) is 44.5 Å². The topological polar surface area (TPSA) is 64.7 Å². The number of rotatable bonds is 11. The number of hydrogen-bond acceptors (Lipinski definition) is 4. The van der Waals surface area contributed by atoms with Gasteiger partial charge in [0, 0.05) is 51.3 Å². The molecule has 27 heavy (non-hydrogen) atoms. The molecule has 0 saturated carbocycles. The molecule has 2 amide bonds. The third-order valence-corrected chi connectivity index (χ3v) is 4.89. The fourth-order valence-electron chi connectivity index (χ4n) is 3.28. The second kappa shape index (κ2) is 12.5. The van der Waals surface area contributed by atoms with Gasteiger partial charge in [-0.1, -0.05) is 25.1 Å². The van der Waals surface area contributed by atoms with Crippen molar-refractivity contribution < 1.29 is 9.59 Å². The molecule has 0 spiro atoms. The number of hydrogen-bond donors (Lipinski definition) is 2. The van der Waals surface area contributed by atoms with E-state index in [4.69, 9.17) is 0 Å². The number of carbonyl (C=O) groups excluding carboxylic acids is 2. The minimum Gasteiger partial charge on any atom is -0.356 e. The van der Waals surface area contributed by atoms with Crippen LogP contribution in [0, 0.1) is 0 Å². The number of nitrogens with zero attached hydrogens (tertiary/aromatic N) is 2. The first-order valence-corrected chi connectivity index (χ1v) is 10.2. The number of carbonyl (C=O) groups is 2. The van der Waals surface area contributed by atoms with Crippen LogP contribution in [0.3, 0.4) is 0 Å². The Bertz CT molecular complexity index is 557. The Labute approximate surface area is 163 Å². The summed E-state index contributed by atoms with van der Waals surface area (Å²) >= 11 is 0. The van der Waals surface area contributed by atoms with Gasteiger partial charge in [0.2, 0.25) is 5.91 Å². The summed E-state index contributed by atoms with van der Waals surface area (Å²) in [6.07, 6.45) is 3.53. The number of nitrogens with one attached hydrogen (secondary N) is 2. The summed E-state index contributed by atoms with van der Waals surface area (Å²) in [4.78, 5) is 28.4. The molecule has 1 aromatic carbocycles. The van der Waals surface area contributed by atoms with Gasteiger partial charge in [-0.15, -0.1) is 0 Å². The highest BCUT2D eigenvalue weighted by atomic mass is 16.2. The van der Waals surface area contributed by atoms with Crippen molar-refractivity contribution in [3.63, 3.8) is 0 Å². The Morgan fingerprint density at radius 2 is 1.44 bits per heavy atom. The maximum absolute atomic E-state index is 12.0. The van der Waals surface area contributed by atoms with Gasteiger partial charge >= 0.3 is 0 Å². The largest absolute Gasteiger partial charge is 0.356 e. The van der Waals surface area contributed by atoms with Crippen molar-refractivity contribution in [2.75, 3.05) is 52.4 Å². The lowest BCUT2D eigenvalue weighted by Gasteiger charge is -2.34. The lowest BCUT2D eigenvalue weighted by molar-refractivity contribution is -0.121. The van der Waals surface area contributed by atoms with Crippen molar-refractivity contribution in [1.82, 2.24) is 20.4 Å². The predicted octanol–water partition coefficient (Wildman–Crippen LogP) is 1.73. The van der Waals surface area contributed by atoms with Crippen LogP contribution in [0.2, 0.25) is 0 Å². The monoisotopic (exact) mass is 374 g/mol. The standard InChI is InChI=1S/C21H34N4O2/c1-2-8-20(26)22-11-6-13-24-15-17-25(18-16-24)14-7-12-23-21(27)19-9-4-3-5-10-19/h3-5,9-10H,2,6-8,11-18H2,1H3,(H,22,26)(H,23,27). The predicted molar refractivity (Wildman–Crippen MR) is 109 cm³/mol. The molecule has 0 aliphatic carbocycles. The maximum atomic E-state index is 12.0. The second-order valence-corrected chi connectivity index (χ2v) is 7.11. The first-order chi connectivity index (χ1) is 13.2. The molecule has 0 unspecified atom stereocenters. The molecule has 6 heteroatoms. The van der Waals surface area contributed by atoms with Crippen LogP contribution in [-0.4, -0.2) is 74.0 Å². The highest BCUT2D eigenvalue weighted by Gasteiger charge is 2.16. The molecule has 0 radical (unpaired) electrons. The molecular formula is C21H34N4O2. The van der Waals surface area contributed by atoms with E-state index in [2.05, 4.69) is 20.4 Å². The summed E-state index contributed by atoms with van der Waals surface area (Å²) < 4.78 is 0. The van der Waals surface area contributed by atoms with E-state index in [1.165, 1.54) is 0 Å². The molecule has 1 aliphatic heterocycles. The van der Waals surface area contributed by atoms with Gasteiger partial charge in [-0.25, -0.2) is 0 Å². The van der Waals surface area contributed by atoms with Crippen LogP contribution in [0.5, 0.6) is 0 Å². The van der Waals surface area contributed by atoms with E-state index in [-0.39, 0.29) is 11.8 Å². The van der Waals surface area contributed by atoms with E-state index in [0.717, 1.165) is 70.6 Å². The Morgan fingerprint density at radius 1 is 0.889 bits per heavy atom. The molecule has 2 N–H and O–H groups in total. The molecule has 1 fully saturated rings. The van der Waals surface area contributed by atoms with Gasteiger partial charge < -0.3 is 20.4 Å². The van der Waals surface area contributed by atoms with Gasteiger partial charge in [0.05, 0.1) is 0 Å². The summed E-state index contributed by atoms with van der Waals surface area (Å²) in [7, 11) is 0. The second-order valence-electron chi connectivity index (χ2n) is 7.11. The molecule has 2 rings (SSSR count). The Hall–Kier alpha value is -1.92. The average Bonchev–Trinajstić information content (AvgIpc) is 2.70. The fraction of sp³-hybridized carbons (Fsp3) is 0.619. The summed E-state index contributed by atoms with van der Waals surface area (Å²) in [5.74, 6) is 0.174. The molecule has 1 saturated heterocycles. The molecule has 1 aromatic rings. The van der Waals surface area contributed by atoms with Crippen LogP contribution in [0.1, 0.15) is 43.0 Å². The zero-order chi connectivity index (χ0) is 19.3. The van der Waals surface area contributed by atoms with Crippen molar-refractivity contribution in [3.8, 4) is 0 Å². The molecular weight excluding hydrogens is 340 g/mol. The zero-order valence-corrected chi connectivity index (χ0v) is 16.6. The van der Waals surface area contributed by atoms with E-state index >= 15 is 0 Å². The summed E-state index contributed by atoms with van der Waals surface area (Å²) in [5, 5.41) is 5.97. The third-order valence-electron chi connectivity index (χ3n) is 4.89. The number of piperazine rings is 1. The average molecular weight is 375 g/mol. The van der Waals surface area contributed by atoms with Crippen LogP contribution in [0.15, 0.2) is 30.3 Å². The lowest BCUT2D eigenvalue weighted by atomic mass is 10.2. The van der Waals surface area contributed by atoms with Gasteiger partial charge in [0.15, 0.2) is 0 Å². The molecule has 1 heterocycles. The molecule has 0 aromatic heterocycles. The Kier molecular flexibility index (Phi) is 9.87. The Morgan fingerprint density at radius 3 is 2.00 bits per heavy atom. The summed E-state index contributed by atoms with van der Waals surface area (Å²) in [5.41, 5.74) is 0.719. The van der Waals surface area contributed by atoms with Crippen LogP contribution in [0.4, 0.5) is 0 Å². The minimum absolute atomic E-state index is 0.00597. The van der Waals surface area contributed by atoms with E-state index in [1.807, 2.05) is 37.3 Å². The smallest absolute Gasteiger partial charge is 0.251 e. The van der Waals surface area contributed by atoms with Gasteiger partial charge in [-0.3, -0.25) is 9.59 Å². The number of benzene rings is 1. The third kappa shape index (κ3) is 8.54. The lowest BCUT2D eigenvalue weighted by Crippen LogP contribution is -2.47. The Balaban J connectivity index is 1.48. The van der Waals surface area contributed by atoms with Crippen LogP contribution in [-0.2, 0) is 4.79 Å². The van der Waals surface area contributed by atoms with Gasteiger partial charge in [0.1, 0.15) is 0 Å². The van der Waals surface area contributed by atoms with Crippen molar-refractivity contribution in [2.45, 2.75) is 32.6 Å². The SMILES string of the molecule is CCCC(=O)NCCCN1CCN(CCCNC(=O)c2ccccc2)CC1. The van der Waals surface area contributed by atoms with E-state index < -0.39 is 0 Å². The normalized spacial score (nSPS) is 15.4. The molecule has 6 nitrogen and oxygen atoms in total. The summed E-state index contributed by atoms with van der Waals surface area (Å²) in [6, 6.07) is 9.35. The quantitative estimate of drug-likeness (QED) is 0.579. The van der Waals surface area contributed by atoms with E-state index in [9.17, 15) is 9.59 Å². The molecule has 1 aliphatic rings. The first kappa shape index (κ1) is 21.4. The fourth-order valence-corrected chi connectivity index (χ4v) is 3.28. The number of amides is 2. The van der Waals surface area contributed by atoms with Crippen molar-refractivity contribution in [2.24, 2.45) is 0 Å². The highest BCUT2D eigenvalue weighted by molar-refractivity contribution is 5.94. The molecule has 0 atom stereocenters. The molecule has 0 bridgehead atoms.